The molecule has 0 amide bonds. The zero-order valence-electron chi connectivity index (χ0n) is 69.6. The predicted octanol–water partition coefficient (Wildman–Crippen LogP) is 26.6. The Balaban J connectivity index is 0.000000173. The van der Waals surface area contributed by atoms with E-state index in [1.807, 2.05) is 73.8 Å². The summed E-state index contributed by atoms with van der Waals surface area (Å²) in [5, 5.41) is 5.67. The summed E-state index contributed by atoms with van der Waals surface area (Å²) >= 11 is -2.00. The number of hydrogen-bond donors (Lipinski definition) is 0. The average molecular weight is 1540 g/mol. The Hall–Kier alpha value is -10.2. The minimum Gasteiger partial charge on any atom is -0.0622 e. The first-order chi connectivity index (χ1) is 54.2. The Morgan fingerprint density at radius 1 is 0.270 bits per heavy atom. The molecule has 2 saturated carbocycles. The number of aromatic nitrogens is 1. The Bertz CT molecular complexity index is 4440. The van der Waals surface area contributed by atoms with Crippen LogP contribution in [-0.4, -0.2) is 54.1 Å². The van der Waals surface area contributed by atoms with E-state index in [9.17, 15) is 0 Å². The smallest absolute Gasteiger partial charge is 0.0202 e. The van der Waals surface area contributed by atoms with Crippen molar-refractivity contribution in [1.82, 2.24) is 4.57 Å². The molecule has 0 atom stereocenters. The largest absolute Gasteiger partial charge is 0.0622 e. The molecule has 0 N–H and O–H groups in total. The van der Waals surface area contributed by atoms with Crippen molar-refractivity contribution in [1.29, 1.82) is 0 Å². The third-order valence-corrected chi connectivity index (χ3v) is 33.1. The van der Waals surface area contributed by atoms with E-state index in [0.717, 1.165) is 0 Å². The zero-order valence-corrected chi connectivity index (χ0v) is 72.7. The molecule has 574 valence electrons. The maximum absolute atomic E-state index is 2.45. The Labute approximate surface area is 673 Å². The van der Waals surface area contributed by atoms with Crippen LogP contribution in [-0.2, 0) is 17.9 Å². The molecule has 1 heterocycles. The molecule has 14 aromatic rings. The molecule has 2 aliphatic carbocycles. The van der Waals surface area contributed by atoms with Crippen LogP contribution < -0.4 is 33.9 Å². The van der Waals surface area contributed by atoms with Crippen molar-refractivity contribution in [3.8, 4) is 0 Å². The number of para-hydroxylation sites is 5. The molecule has 0 unspecified atom stereocenters. The van der Waals surface area contributed by atoms with Gasteiger partial charge in [0.05, 0.1) is 0 Å². The minimum atomic E-state index is -2.00. The summed E-state index contributed by atoms with van der Waals surface area (Å²) in [5.74, 6) is 4.90. The Morgan fingerprint density at radius 2 is 0.505 bits per heavy atom. The van der Waals surface area contributed by atoms with Crippen LogP contribution >= 0.6 is 0 Å². The monoisotopic (exact) mass is 1540 g/mol. The van der Waals surface area contributed by atoms with E-state index in [1.54, 1.807) is 8.79 Å². The van der Waals surface area contributed by atoms with Crippen molar-refractivity contribution in [3.05, 3.63) is 392 Å². The number of hydrogen-bond acceptors (Lipinski definition) is 3. The second kappa shape index (κ2) is 44.6. The Morgan fingerprint density at radius 3 is 0.793 bits per heavy atom. The topological polar surface area (TPSA) is 14.7 Å². The van der Waals surface area contributed by atoms with Crippen LogP contribution in [0.15, 0.2) is 370 Å². The quantitative estimate of drug-likeness (QED) is 0.107. The second-order valence-electron chi connectivity index (χ2n) is 29.4. The molecule has 2 aliphatic rings. The van der Waals surface area contributed by atoms with Gasteiger partial charge in [-0.2, -0.15) is 0 Å². The van der Waals surface area contributed by atoms with Crippen LogP contribution in [0.25, 0.3) is 21.8 Å². The molecule has 0 aliphatic heterocycles. The van der Waals surface area contributed by atoms with E-state index in [-0.39, 0.29) is 10.8 Å². The summed E-state index contributed by atoms with van der Waals surface area (Å²) in [4.78, 5) is 6.59. The third kappa shape index (κ3) is 23.0. The molecule has 2 fully saturated rings. The number of anilines is 5. The maximum atomic E-state index is 2.45. The van der Waals surface area contributed by atoms with Gasteiger partial charge in [-0.1, -0.05) is 340 Å². The van der Waals surface area contributed by atoms with Gasteiger partial charge in [-0.05, 0) is 121 Å². The third-order valence-electron chi connectivity index (χ3n) is 22.0. The standard InChI is InChI=1S/C32H34N2.C18H20.C14H16Ge.C14H16Si.C13H11N.C8H11N.3C2H6/c1-33(28-12-6-3-7-13-28)30-20-16-26(17-21-30)32(24-10-5-11-25-32)27-18-22-31(23-19-27)34(2)29-14-8-4-9-15-29;1-4-10-16(11-5-1)18(14-8-3-9-15-18)17-12-6-2-7-13-17;2*1-15(2,13-9-5-3-6-10-13)14-11-7-4-8-12-14;1-14-12-8-4-2-6-10(12)11-7-3-5-9-13(11)14;1-9(2)8-6-4-3-5-7-8;3*1-2/h3-4,6-9,12-23H,5,10-11,24-25H2,1-2H3;1-2,4-7,10-13H,3,8-9,14-15H2;2*3-12H,1-2H3;2-9H,1H3;3-7H,1-2H3;3*1-2H3. The van der Waals surface area contributed by atoms with Gasteiger partial charge in [-0.3, -0.25) is 0 Å². The van der Waals surface area contributed by atoms with Crippen molar-refractivity contribution in [2.75, 3.05) is 42.9 Å². The van der Waals surface area contributed by atoms with Gasteiger partial charge in [0.25, 0.3) is 0 Å². The maximum Gasteiger partial charge on any atom is 0.0202 e. The van der Waals surface area contributed by atoms with Gasteiger partial charge >= 0.3 is 94.2 Å². The molecule has 1 aromatic heterocycles. The van der Waals surface area contributed by atoms with E-state index >= 15 is 0 Å². The van der Waals surface area contributed by atoms with Gasteiger partial charge in [-0.25, -0.2) is 0 Å². The van der Waals surface area contributed by atoms with Crippen molar-refractivity contribution < 1.29 is 0 Å². The number of fused-ring (bicyclic) bond motifs is 3. The molecule has 4 nitrogen and oxygen atoms in total. The number of benzene rings is 13. The first-order valence-corrected chi connectivity index (χ1v) is 50.3. The van der Waals surface area contributed by atoms with Crippen molar-refractivity contribution in [3.63, 3.8) is 0 Å². The van der Waals surface area contributed by atoms with Crippen LogP contribution in [0.5, 0.6) is 0 Å². The van der Waals surface area contributed by atoms with E-state index in [4.69, 9.17) is 0 Å². The summed E-state index contributed by atoms with van der Waals surface area (Å²) in [5.41, 5.74) is 15.0. The van der Waals surface area contributed by atoms with E-state index in [0.29, 0.717) is 0 Å². The predicted molar refractivity (Wildman–Crippen MR) is 497 cm³/mol. The molecular weight excluding hydrogens is 1420 g/mol. The average Bonchev–Trinajstić information content (AvgIpc) is 1.74. The molecular formula is C105H126GeN4Si. The van der Waals surface area contributed by atoms with Gasteiger partial charge in [0, 0.05) is 96.3 Å². The first kappa shape index (κ1) is 86.4. The molecule has 0 saturated heterocycles. The first-order valence-electron chi connectivity index (χ1n) is 41.0. The van der Waals surface area contributed by atoms with Crippen LogP contribution in [0.3, 0.4) is 0 Å². The minimum absolute atomic E-state index is 0.103. The van der Waals surface area contributed by atoms with Gasteiger partial charge in [0.15, 0.2) is 0 Å². The summed E-state index contributed by atoms with van der Waals surface area (Å²) in [7, 11) is 9.02. The zero-order chi connectivity index (χ0) is 79.3. The number of nitrogens with zero attached hydrogens (tertiary/aromatic N) is 4. The SMILES string of the molecule is CC.CC.CC.CN(C)c1ccccc1.CN(c1ccccc1)c1ccc(C2(c3ccc(N(C)c4ccccc4)cc3)CCCCC2)cc1.C[Si](C)(c1ccccc1)c1ccccc1.Cn1c2ccccc2c2ccccc21.[CH3][Ge]([CH3])([c]1ccccc1)[c]1ccccc1.c1ccc(C2(c3ccccc3)CCCCC2)cc1. The normalized spacial score (nSPS) is 13.0. The van der Waals surface area contributed by atoms with Gasteiger partial charge in [0.2, 0.25) is 0 Å². The summed E-state index contributed by atoms with van der Waals surface area (Å²) in [6.45, 7) is 16.8. The van der Waals surface area contributed by atoms with Crippen molar-refractivity contribution >= 4 is 90.7 Å². The molecule has 0 spiro atoms. The summed E-state index contributed by atoms with van der Waals surface area (Å²) < 4.78 is 5.33. The van der Waals surface area contributed by atoms with Crippen molar-refractivity contribution in [2.24, 2.45) is 7.05 Å². The molecule has 0 bridgehead atoms. The van der Waals surface area contributed by atoms with Gasteiger partial charge in [0.1, 0.15) is 8.07 Å². The van der Waals surface area contributed by atoms with E-state index < -0.39 is 21.3 Å². The van der Waals surface area contributed by atoms with Crippen LogP contribution in [0.2, 0.25) is 24.6 Å². The summed E-state index contributed by atoms with van der Waals surface area (Å²) in [6.07, 6.45) is 13.0. The molecule has 0 radical (unpaired) electrons. The molecule has 6 heteroatoms. The van der Waals surface area contributed by atoms with Gasteiger partial charge < -0.3 is 19.3 Å². The van der Waals surface area contributed by atoms with Crippen LogP contribution in [0, 0.1) is 0 Å². The van der Waals surface area contributed by atoms with E-state index in [2.05, 4.69) is 417 Å². The van der Waals surface area contributed by atoms with Crippen LogP contribution in [0.1, 0.15) is 128 Å². The fourth-order valence-electron chi connectivity index (χ4n) is 15.5. The van der Waals surface area contributed by atoms with Gasteiger partial charge in [-0.15, -0.1) is 0 Å². The molecule has 13 aromatic carbocycles. The van der Waals surface area contributed by atoms with Crippen molar-refractivity contribution in [2.45, 2.75) is 141 Å². The number of aryl methyl sites for hydroxylation is 1. The summed E-state index contributed by atoms with van der Waals surface area (Å²) in [6, 6.07) is 133. The van der Waals surface area contributed by atoms with Crippen LogP contribution in [0.4, 0.5) is 28.4 Å². The Kier molecular flexibility index (Phi) is 34.7. The van der Waals surface area contributed by atoms with E-state index in [1.165, 1.54) is 147 Å². The fraction of sp³-hybridized carbons (Fsp3) is 0.257. The number of rotatable bonds is 13. The fourth-order valence-corrected chi connectivity index (χ4v) is 22.9. The second-order valence-corrected chi connectivity index (χ2v) is 43.1. The molecule has 16 rings (SSSR count). The molecule has 111 heavy (non-hydrogen) atoms.